The van der Waals surface area contributed by atoms with Gasteiger partial charge in [0.25, 0.3) is 5.91 Å². The molecule has 2 aromatic rings. The number of phenols is 1. The van der Waals surface area contributed by atoms with Crippen molar-refractivity contribution in [2.75, 3.05) is 12.4 Å². The molecule has 2 rings (SSSR count). The molecule has 110 valence electrons. The molecule has 2 aromatic carbocycles. The standard InChI is InChI=1S/C16H17BrN2O2/c1-10(18-2)12-5-3-4-6-14(12)19-16(21)13-8-7-11(17)9-15(13)20/h3-10,18,20H,1-2H3,(H,19,21). The van der Waals surface area contributed by atoms with Gasteiger partial charge in [0.1, 0.15) is 5.75 Å². The van der Waals surface area contributed by atoms with Crippen LogP contribution in [0.3, 0.4) is 0 Å². The van der Waals surface area contributed by atoms with E-state index >= 15 is 0 Å². The number of aromatic hydroxyl groups is 1. The molecule has 4 nitrogen and oxygen atoms in total. The van der Waals surface area contributed by atoms with Crippen LogP contribution in [0.5, 0.6) is 5.75 Å². The molecule has 1 amide bonds. The fraction of sp³-hybridized carbons (Fsp3) is 0.188. The van der Waals surface area contributed by atoms with Gasteiger partial charge in [0.15, 0.2) is 0 Å². The predicted molar refractivity (Wildman–Crippen MR) is 87.7 cm³/mol. The van der Waals surface area contributed by atoms with Crippen LogP contribution in [0.15, 0.2) is 46.9 Å². The van der Waals surface area contributed by atoms with Crippen molar-refractivity contribution in [1.29, 1.82) is 0 Å². The number of anilines is 1. The molecule has 0 fully saturated rings. The molecule has 0 saturated carbocycles. The van der Waals surface area contributed by atoms with E-state index in [-0.39, 0.29) is 23.3 Å². The first kappa shape index (κ1) is 15.5. The van der Waals surface area contributed by atoms with Crippen molar-refractivity contribution < 1.29 is 9.90 Å². The summed E-state index contributed by atoms with van der Waals surface area (Å²) in [5.74, 6) is -0.392. The van der Waals surface area contributed by atoms with Crippen LogP contribution in [0.4, 0.5) is 5.69 Å². The third-order valence-corrected chi connectivity index (χ3v) is 3.81. The Bertz CT molecular complexity index is 658. The lowest BCUT2D eigenvalue weighted by molar-refractivity contribution is 0.102. The van der Waals surface area contributed by atoms with Crippen LogP contribution in [0, 0.1) is 0 Å². The van der Waals surface area contributed by atoms with Gasteiger partial charge in [0.2, 0.25) is 0 Å². The smallest absolute Gasteiger partial charge is 0.259 e. The Balaban J connectivity index is 2.28. The van der Waals surface area contributed by atoms with Crippen LogP contribution in [0.1, 0.15) is 28.9 Å². The maximum absolute atomic E-state index is 12.3. The van der Waals surface area contributed by atoms with Gasteiger partial charge < -0.3 is 15.7 Å². The molecule has 0 bridgehead atoms. The summed E-state index contributed by atoms with van der Waals surface area (Å²) in [7, 11) is 1.86. The minimum absolute atomic E-state index is 0.0546. The predicted octanol–water partition coefficient (Wildman–Crippen LogP) is 3.69. The summed E-state index contributed by atoms with van der Waals surface area (Å²) >= 11 is 3.25. The number of nitrogens with one attached hydrogen (secondary N) is 2. The van der Waals surface area contributed by atoms with E-state index in [4.69, 9.17) is 0 Å². The molecule has 1 unspecified atom stereocenters. The van der Waals surface area contributed by atoms with Gasteiger partial charge in [0, 0.05) is 16.2 Å². The largest absolute Gasteiger partial charge is 0.507 e. The maximum Gasteiger partial charge on any atom is 0.259 e. The summed E-state index contributed by atoms with van der Waals surface area (Å²) < 4.78 is 0.723. The van der Waals surface area contributed by atoms with Crippen LogP contribution >= 0.6 is 15.9 Å². The minimum Gasteiger partial charge on any atom is -0.507 e. The quantitative estimate of drug-likeness (QED) is 0.789. The first-order chi connectivity index (χ1) is 10.0. The van der Waals surface area contributed by atoms with Crippen molar-refractivity contribution in [2.24, 2.45) is 0 Å². The number of para-hydroxylation sites is 1. The van der Waals surface area contributed by atoms with Gasteiger partial charge in [-0.05, 0) is 43.8 Å². The summed E-state index contributed by atoms with van der Waals surface area (Å²) in [6, 6.07) is 12.5. The van der Waals surface area contributed by atoms with Crippen molar-refractivity contribution in [3.8, 4) is 5.75 Å². The van der Waals surface area contributed by atoms with Crippen molar-refractivity contribution in [3.63, 3.8) is 0 Å². The number of halogens is 1. The molecule has 0 aliphatic carbocycles. The molecule has 0 saturated heterocycles. The summed E-state index contributed by atoms with van der Waals surface area (Å²) in [4.78, 5) is 12.3. The first-order valence-corrected chi connectivity index (χ1v) is 7.38. The zero-order chi connectivity index (χ0) is 15.4. The lowest BCUT2D eigenvalue weighted by Crippen LogP contribution is -2.18. The third-order valence-electron chi connectivity index (χ3n) is 3.31. The van der Waals surface area contributed by atoms with E-state index in [0.717, 1.165) is 15.7 Å². The number of phenolic OH excluding ortho intramolecular Hbond substituents is 1. The Hall–Kier alpha value is -1.85. The van der Waals surface area contributed by atoms with E-state index in [1.54, 1.807) is 12.1 Å². The Morgan fingerprint density at radius 3 is 2.62 bits per heavy atom. The molecular formula is C16H17BrN2O2. The van der Waals surface area contributed by atoms with Crippen LogP contribution in [0.25, 0.3) is 0 Å². The highest BCUT2D eigenvalue weighted by molar-refractivity contribution is 9.10. The Labute approximate surface area is 132 Å². The lowest BCUT2D eigenvalue weighted by atomic mass is 10.1. The highest BCUT2D eigenvalue weighted by Crippen LogP contribution is 2.26. The summed E-state index contributed by atoms with van der Waals surface area (Å²) in [5.41, 5.74) is 1.96. The van der Waals surface area contributed by atoms with Gasteiger partial charge in [-0.2, -0.15) is 0 Å². The zero-order valence-electron chi connectivity index (χ0n) is 11.9. The Morgan fingerprint density at radius 1 is 1.24 bits per heavy atom. The summed E-state index contributed by atoms with van der Waals surface area (Å²) in [6.07, 6.45) is 0. The SMILES string of the molecule is CNC(C)c1ccccc1NC(=O)c1ccc(Br)cc1O. The van der Waals surface area contributed by atoms with Crippen LogP contribution < -0.4 is 10.6 Å². The van der Waals surface area contributed by atoms with Gasteiger partial charge in [-0.25, -0.2) is 0 Å². The number of rotatable bonds is 4. The molecule has 0 spiro atoms. The van der Waals surface area contributed by atoms with Gasteiger partial charge in [-0.15, -0.1) is 0 Å². The summed E-state index contributed by atoms with van der Waals surface area (Å²) in [6.45, 7) is 2.02. The highest BCUT2D eigenvalue weighted by Gasteiger charge is 2.15. The normalized spacial score (nSPS) is 12.0. The second kappa shape index (κ2) is 6.74. The molecule has 0 radical (unpaired) electrons. The van der Waals surface area contributed by atoms with E-state index in [1.807, 2.05) is 38.2 Å². The number of carbonyl (C=O) groups excluding carboxylic acids is 1. The lowest BCUT2D eigenvalue weighted by Gasteiger charge is -2.16. The van der Waals surface area contributed by atoms with Crippen molar-refractivity contribution >= 4 is 27.5 Å². The Kier molecular flexibility index (Phi) is 4.98. The molecule has 1 atom stereocenters. The molecular weight excluding hydrogens is 332 g/mol. The van der Waals surface area contributed by atoms with Crippen LogP contribution in [-0.2, 0) is 0 Å². The van der Waals surface area contributed by atoms with E-state index in [9.17, 15) is 9.90 Å². The monoisotopic (exact) mass is 348 g/mol. The second-order valence-electron chi connectivity index (χ2n) is 4.71. The van der Waals surface area contributed by atoms with E-state index in [0.29, 0.717) is 0 Å². The maximum atomic E-state index is 12.3. The summed E-state index contributed by atoms with van der Waals surface area (Å²) in [5, 5.41) is 15.9. The van der Waals surface area contributed by atoms with Gasteiger partial charge >= 0.3 is 0 Å². The van der Waals surface area contributed by atoms with Gasteiger partial charge in [-0.3, -0.25) is 4.79 Å². The molecule has 0 heterocycles. The van der Waals surface area contributed by atoms with Crippen molar-refractivity contribution in [1.82, 2.24) is 5.32 Å². The van der Waals surface area contributed by atoms with E-state index < -0.39 is 0 Å². The fourth-order valence-corrected chi connectivity index (χ4v) is 2.38. The van der Waals surface area contributed by atoms with Gasteiger partial charge in [-0.1, -0.05) is 34.1 Å². The topological polar surface area (TPSA) is 61.4 Å². The third kappa shape index (κ3) is 3.62. The number of amides is 1. The second-order valence-corrected chi connectivity index (χ2v) is 5.63. The van der Waals surface area contributed by atoms with Crippen molar-refractivity contribution in [2.45, 2.75) is 13.0 Å². The average Bonchev–Trinajstić information content (AvgIpc) is 2.46. The molecule has 0 aromatic heterocycles. The molecule has 3 N–H and O–H groups in total. The van der Waals surface area contributed by atoms with E-state index in [1.165, 1.54) is 6.07 Å². The van der Waals surface area contributed by atoms with Gasteiger partial charge in [0.05, 0.1) is 5.56 Å². The number of hydrogen-bond donors (Lipinski definition) is 3. The Morgan fingerprint density at radius 2 is 1.95 bits per heavy atom. The number of hydrogen-bond acceptors (Lipinski definition) is 3. The first-order valence-electron chi connectivity index (χ1n) is 6.59. The zero-order valence-corrected chi connectivity index (χ0v) is 13.4. The van der Waals surface area contributed by atoms with Crippen LogP contribution in [0.2, 0.25) is 0 Å². The minimum atomic E-state index is -0.337. The molecule has 21 heavy (non-hydrogen) atoms. The van der Waals surface area contributed by atoms with E-state index in [2.05, 4.69) is 26.6 Å². The van der Waals surface area contributed by atoms with Crippen LogP contribution in [-0.4, -0.2) is 18.1 Å². The van der Waals surface area contributed by atoms with Crippen molar-refractivity contribution in [3.05, 3.63) is 58.1 Å². The number of benzene rings is 2. The fourth-order valence-electron chi connectivity index (χ4n) is 2.03. The number of carbonyl (C=O) groups is 1. The average molecular weight is 349 g/mol. The molecule has 0 aliphatic heterocycles. The molecule has 5 heteroatoms. The molecule has 0 aliphatic rings. The highest BCUT2D eigenvalue weighted by atomic mass is 79.9.